The fourth-order valence-corrected chi connectivity index (χ4v) is 2.79. The van der Waals surface area contributed by atoms with E-state index in [0.717, 1.165) is 77.0 Å². The van der Waals surface area contributed by atoms with Crippen LogP contribution < -0.4 is 0 Å². The SMILES string of the molecule is CCCCC(C#N)(CCCC)N=NC(C#N)(CCCC)CCCC. The molecule has 0 heterocycles. The van der Waals surface area contributed by atoms with E-state index in [1.165, 1.54) is 0 Å². The van der Waals surface area contributed by atoms with Gasteiger partial charge in [-0.3, -0.25) is 0 Å². The smallest absolute Gasteiger partial charge is 0.167 e. The minimum atomic E-state index is -0.744. The molecule has 136 valence electrons. The number of hydrogen-bond donors (Lipinski definition) is 0. The summed E-state index contributed by atoms with van der Waals surface area (Å²) in [5.74, 6) is 0. The summed E-state index contributed by atoms with van der Waals surface area (Å²) in [6.45, 7) is 8.50. The van der Waals surface area contributed by atoms with Crippen LogP contribution in [0, 0.1) is 22.7 Å². The average Bonchev–Trinajstić information content (AvgIpc) is 2.63. The molecule has 0 aromatic heterocycles. The molecule has 0 radical (unpaired) electrons. The Morgan fingerprint density at radius 1 is 0.583 bits per heavy atom. The van der Waals surface area contributed by atoms with E-state index < -0.39 is 11.1 Å². The first-order valence-corrected chi connectivity index (χ1v) is 9.84. The summed E-state index contributed by atoms with van der Waals surface area (Å²) in [5.41, 5.74) is -1.49. The molecular formula is C20H36N4. The van der Waals surface area contributed by atoms with Crippen LogP contribution in [0.3, 0.4) is 0 Å². The maximum absolute atomic E-state index is 9.76. The predicted octanol–water partition coefficient (Wildman–Crippen LogP) is 6.72. The molecule has 0 unspecified atom stereocenters. The van der Waals surface area contributed by atoms with E-state index in [1.807, 2.05) is 0 Å². The lowest BCUT2D eigenvalue weighted by molar-refractivity contribution is 0.360. The van der Waals surface area contributed by atoms with Gasteiger partial charge in [0.2, 0.25) is 0 Å². The van der Waals surface area contributed by atoms with Crippen molar-refractivity contribution in [2.75, 3.05) is 0 Å². The topological polar surface area (TPSA) is 72.3 Å². The Bertz CT molecular complexity index is 372. The predicted molar refractivity (Wildman–Crippen MR) is 99.6 cm³/mol. The summed E-state index contributed by atoms with van der Waals surface area (Å²) in [6, 6.07) is 4.85. The molecule has 0 saturated heterocycles. The van der Waals surface area contributed by atoms with Gasteiger partial charge >= 0.3 is 0 Å². The highest BCUT2D eigenvalue weighted by Gasteiger charge is 2.33. The first-order valence-electron chi connectivity index (χ1n) is 9.84. The fourth-order valence-electron chi connectivity index (χ4n) is 2.79. The molecule has 4 nitrogen and oxygen atoms in total. The van der Waals surface area contributed by atoms with Gasteiger partial charge in [0.05, 0.1) is 12.1 Å². The van der Waals surface area contributed by atoms with E-state index in [9.17, 15) is 10.5 Å². The van der Waals surface area contributed by atoms with Crippen LogP contribution in [-0.2, 0) is 0 Å². The van der Waals surface area contributed by atoms with Gasteiger partial charge in [-0.05, 0) is 25.7 Å². The maximum atomic E-state index is 9.76. The lowest BCUT2D eigenvalue weighted by atomic mass is 9.88. The van der Waals surface area contributed by atoms with Crippen LogP contribution in [0.25, 0.3) is 0 Å². The Kier molecular flexibility index (Phi) is 12.2. The van der Waals surface area contributed by atoms with Crippen molar-refractivity contribution in [1.29, 1.82) is 10.5 Å². The van der Waals surface area contributed by atoms with Crippen LogP contribution in [0.15, 0.2) is 10.2 Å². The summed E-state index contributed by atoms with van der Waals surface area (Å²) in [6.07, 6.45) is 11.0. The van der Waals surface area contributed by atoms with Crippen LogP contribution in [0.4, 0.5) is 0 Å². The van der Waals surface area contributed by atoms with Crippen molar-refractivity contribution in [3.05, 3.63) is 0 Å². The molecular weight excluding hydrogens is 296 g/mol. The molecule has 0 aliphatic rings. The van der Waals surface area contributed by atoms with E-state index in [1.54, 1.807) is 0 Å². The van der Waals surface area contributed by atoms with Crippen molar-refractivity contribution in [3.8, 4) is 12.1 Å². The first-order chi connectivity index (χ1) is 11.6. The third-order valence-electron chi connectivity index (χ3n) is 4.62. The number of nitriles is 2. The lowest BCUT2D eigenvalue weighted by Gasteiger charge is -2.25. The van der Waals surface area contributed by atoms with Gasteiger partial charge in [-0.2, -0.15) is 20.8 Å². The molecule has 24 heavy (non-hydrogen) atoms. The van der Waals surface area contributed by atoms with Gasteiger partial charge in [-0.25, -0.2) is 0 Å². The molecule has 0 saturated carbocycles. The standard InChI is InChI=1S/C20H36N4/c1-5-9-13-19(17-21,14-10-6-2)23-24-20(18-22,15-11-7-3)16-12-8-4/h5-16H2,1-4H3. The largest absolute Gasteiger partial charge is 0.196 e. The molecule has 0 bridgehead atoms. The van der Waals surface area contributed by atoms with E-state index in [-0.39, 0.29) is 0 Å². The van der Waals surface area contributed by atoms with Crippen molar-refractivity contribution in [3.63, 3.8) is 0 Å². The Labute approximate surface area is 149 Å². The molecule has 0 aromatic rings. The number of rotatable bonds is 14. The molecule has 0 amide bonds. The summed E-state index contributed by atoms with van der Waals surface area (Å²) >= 11 is 0. The number of nitrogens with zero attached hydrogens (tertiary/aromatic N) is 4. The summed E-state index contributed by atoms with van der Waals surface area (Å²) in [4.78, 5) is 0. The minimum absolute atomic E-state index is 0.743. The maximum Gasteiger partial charge on any atom is 0.167 e. The van der Waals surface area contributed by atoms with Gasteiger partial charge in [-0.15, -0.1) is 0 Å². The van der Waals surface area contributed by atoms with Gasteiger partial charge in [0.15, 0.2) is 11.1 Å². The van der Waals surface area contributed by atoms with E-state index in [4.69, 9.17) is 0 Å². The van der Waals surface area contributed by atoms with Crippen molar-refractivity contribution in [2.45, 2.75) is 116 Å². The monoisotopic (exact) mass is 332 g/mol. The van der Waals surface area contributed by atoms with Crippen LogP contribution >= 0.6 is 0 Å². The van der Waals surface area contributed by atoms with Crippen LogP contribution in [0.2, 0.25) is 0 Å². The van der Waals surface area contributed by atoms with Crippen LogP contribution in [-0.4, -0.2) is 11.1 Å². The third kappa shape index (κ3) is 7.91. The fraction of sp³-hybridized carbons (Fsp3) is 0.900. The highest BCUT2D eigenvalue weighted by Crippen LogP contribution is 2.31. The molecule has 0 aliphatic heterocycles. The van der Waals surface area contributed by atoms with Gasteiger partial charge in [0.25, 0.3) is 0 Å². The number of unbranched alkanes of at least 4 members (excludes halogenated alkanes) is 4. The average molecular weight is 333 g/mol. The highest BCUT2D eigenvalue weighted by atomic mass is 15.2. The van der Waals surface area contributed by atoms with E-state index >= 15 is 0 Å². The molecule has 0 atom stereocenters. The van der Waals surface area contributed by atoms with Gasteiger partial charge in [0, 0.05) is 0 Å². The van der Waals surface area contributed by atoms with Gasteiger partial charge in [-0.1, -0.05) is 79.1 Å². The zero-order chi connectivity index (χ0) is 18.3. The van der Waals surface area contributed by atoms with Crippen LogP contribution in [0.1, 0.15) is 105 Å². The molecule has 0 aliphatic carbocycles. The molecule has 0 rings (SSSR count). The van der Waals surface area contributed by atoms with E-state index in [2.05, 4.69) is 50.1 Å². The molecule has 0 N–H and O–H groups in total. The normalized spacial score (nSPS) is 12.2. The zero-order valence-corrected chi connectivity index (χ0v) is 16.3. The summed E-state index contributed by atoms with van der Waals surface area (Å²) < 4.78 is 0. The highest BCUT2D eigenvalue weighted by molar-refractivity contribution is 5.10. The molecule has 0 fully saturated rings. The molecule has 0 aromatic carbocycles. The lowest BCUT2D eigenvalue weighted by Crippen LogP contribution is -2.28. The Balaban J connectivity index is 5.44. The van der Waals surface area contributed by atoms with Crippen molar-refractivity contribution in [2.24, 2.45) is 10.2 Å². The number of hydrogen-bond acceptors (Lipinski definition) is 4. The van der Waals surface area contributed by atoms with Gasteiger partial charge in [0.1, 0.15) is 0 Å². The zero-order valence-electron chi connectivity index (χ0n) is 16.3. The second kappa shape index (κ2) is 12.9. The Hall–Kier alpha value is -1.42. The second-order valence-electron chi connectivity index (χ2n) is 6.90. The summed E-state index contributed by atoms with van der Waals surface area (Å²) in [5, 5.41) is 28.6. The van der Waals surface area contributed by atoms with Crippen LogP contribution in [0.5, 0.6) is 0 Å². The quantitative estimate of drug-likeness (QED) is 0.331. The molecule has 4 heteroatoms. The van der Waals surface area contributed by atoms with Crippen molar-refractivity contribution >= 4 is 0 Å². The van der Waals surface area contributed by atoms with Crippen molar-refractivity contribution in [1.82, 2.24) is 0 Å². The second-order valence-corrected chi connectivity index (χ2v) is 6.90. The van der Waals surface area contributed by atoms with Crippen molar-refractivity contribution < 1.29 is 0 Å². The third-order valence-corrected chi connectivity index (χ3v) is 4.62. The van der Waals surface area contributed by atoms with E-state index in [0.29, 0.717) is 0 Å². The summed E-state index contributed by atoms with van der Waals surface area (Å²) in [7, 11) is 0. The Morgan fingerprint density at radius 3 is 1.00 bits per heavy atom. The minimum Gasteiger partial charge on any atom is -0.196 e. The first kappa shape index (κ1) is 22.6. The molecule has 0 spiro atoms. The Morgan fingerprint density at radius 2 is 0.833 bits per heavy atom. The van der Waals surface area contributed by atoms with Gasteiger partial charge < -0.3 is 0 Å². The number of azo groups is 1.